The third-order valence-electron chi connectivity index (χ3n) is 4.81. The van der Waals surface area contributed by atoms with Gasteiger partial charge in [-0.1, -0.05) is 0 Å². The van der Waals surface area contributed by atoms with Crippen molar-refractivity contribution in [1.29, 1.82) is 0 Å². The van der Waals surface area contributed by atoms with Crippen LogP contribution in [0.15, 0.2) is 24.3 Å². The van der Waals surface area contributed by atoms with Gasteiger partial charge in [0.05, 0.1) is 16.1 Å². The number of alkyl halides is 3. The average Bonchev–Trinajstić information content (AvgIpc) is 2.94. The molecule has 1 saturated heterocycles. The summed E-state index contributed by atoms with van der Waals surface area (Å²) >= 11 is 1.27. The van der Waals surface area contributed by atoms with Crippen LogP contribution in [0.1, 0.15) is 25.7 Å². The van der Waals surface area contributed by atoms with Crippen LogP contribution in [-0.4, -0.2) is 44.0 Å². The fourth-order valence-electron chi connectivity index (χ4n) is 3.01. The molecule has 0 spiro atoms. The molecule has 0 unspecified atom stereocenters. The highest BCUT2D eigenvalue weighted by Crippen LogP contribution is 2.38. The first-order valence-electron chi connectivity index (χ1n) is 8.68. The molecule has 0 radical (unpaired) electrons. The summed E-state index contributed by atoms with van der Waals surface area (Å²) in [4.78, 5) is 17.9. The van der Waals surface area contributed by atoms with Gasteiger partial charge >= 0.3 is 6.18 Å². The van der Waals surface area contributed by atoms with Gasteiger partial charge in [-0.25, -0.2) is 0 Å². The quantitative estimate of drug-likeness (QED) is 0.835. The number of aryl methyl sites for hydroxylation is 2. The predicted molar refractivity (Wildman–Crippen MR) is 103 cm³/mol. The van der Waals surface area contributed by atoms with E-state index in [1.165, 1.54) is 17.4 Å². The minimum Gasteiger partial charge on any atom is -0.369 e. The molecular formula is C19H22F3N3OS. The van der Waals surface area contributed by atoms with Crippen molar-refractivity contribution in [2.45, 2.75) is 20.0 Å². The van der Waals surface area contributed by atoms with Crippen LogP contribution >= 0.6 is 11.3 Å². The third kappa shape index (κ3) is 4.44. The molecule has 0 aliphatic carbocycles. The first-order chi connectivity index (χ1) is 12.6. The second kappa shape index (κ2) is 7.52. The molecule has 1 aliphatic rings. The summed E-state index contributed by atoms with van der Waals surface area (Å²) in [5, 5.41) is 2.44. The number of hydrogen-bond acceptors (Lipinski definition) is 4. The maximum Gasteiger partial charge on any atom is 0.418 e. The third-order valence-corrected chi connectivity index (χ3v) is 5.97. The molecule has 1 aromatic carbocycles. The molecule has 0 bridgehead atoms. The molecule has 4 nitrogen and oxygen atoms in total. The van der Waals surface area contributed by atoms with Crippen molar-refractivity contribution < 1.29 is 18.0 Å². The summed E-state index contributed by atoms with van der Waals surface area (Å²) in [5.41, 5.74) is 0.439. The lowest BCUT2D eigenvalue weighted by atomic mass is 10.1. The van der Waals surface area contributed by atoms with Crippen LogP contribution in [0.3, 0.4) is 0 Å². The number of rotatable bonds is 3. The van der Waals surface area contributed by atoms with E-state index in [1.54, 1.807) is 12.1 Å². The Morgan fingerprint density at radius 2 is 1.78 bits per heavy atom. The highest BCUT2D eigenvalue weighted by atomic mass is 32.1. The maximum atomic E-state index is 13.6. The van der Waals surface area contributed by atoms with Crippen LogP contribution in [0.5, 0.6) is 0 Å². The Hall–Kier alpha value is -2.06. The Morgan fingerprint density at radius 1 is 1.11 bits per heavy atom. The zero-order chi connectivity index (χ0) is 19.8. The number of carbonyl (C=O) groups excluding carboxylic acids is 1. The van der Waals surface area contributed by atoms with Gasteiger partial charge in [-0.3, -0.25) is 4.79 Å². The second-order valence-electron chi connectivity index (χ2n) is 6.82. The number of nitrogens with one attached hydrogen (secondary N) is 1. The summed E-state index contributed by atoms with van der Waals surface area (Å²) in [6.07, 6.45) is -4.55. The predicted octanol–water partition coefficient (Wildman–Crippen LogP) is 4.39. The van der Waals surface area contributed by atoms with Gasteiger partial charge in [0, 0.05) is 36.7 Å². The molecule has 2 heterocycles. The van der Waals surface area contributed by atoms with Gasteiger partial charge in [0.2, 0.25) is 0 Å². The SMILES string of the molecule is Cc1cc(C(=O)Nc2ccc(N3CCN(C)CC3)cc2C(F)(F)F)sc1C. The average molecular weight is 397 g/mol. The van der Waals surface area contributed by atoms with Crippen molar-refractivity contribution in [2.24, 2.45) is 0 Å². The fraction of sp³-hybridized carbons (Fsp3) is 0.421. The molecule has 3 rings (SSSR count). The molecule has 1 aliphatic heterocycles. The van der Waals surface area contributed by atoms with E-state index in [4.69, 9.17) is 0 Å². The van der Waals surface area contributed by atoms with Crippen molar-refractivity contribution in [1.82, 2.24) is 4.90 Å². The highest BCUT2D eigenvalue weighted by molar-refractivity contribution is 7.14. The van der Waals surface area contributed by atoms with E-state index in [9.17, 15) is 18.0 Å². The molecule has 0 atom stereocenters. The monoisotopic (exact) mass is 397 g/mol. The Labute approximate surface area is 160 Å². The topological polar surface area (TPSA) is 35.6 Å². The number of likely N-dealkylation sites (N-methyl/N-ethyl adjacent to an activating group) is 1. The number of hydrogen-bond donors (Lipinski definition) is 1. The van der Waals surface area contributed by atoms with Crippen molar-refractivity contribution in [3.05, 3.63) is 45.1 Å². The van der Waals surface area contributed by atoms with E-state index < -0.39 is 17.6 Å². The lowest BCUT2D eigenvalue weighted by Gasteiger charge is -2.34. The van der Waals surface area contributed by atoms with Gasteiger partial charge in [0.25, 0.3) is 5.91 Å². The maximum absolute atomic E-state index is 13.6. The molecule has 8 heteroatoms. The minimum atomic E-state index is -4.55. The summed E-state index contributed by atoms with van der Waals surface area (Å²) in [7, 11) is 1.99. The smallest absolute Gasteiger partial charge is 0.369 e. The van der Waals surface area contributed by atoms with Crippen molar-refractivity contribution in [3.63, 3.8) is 0 Å². The second-order valence-corrected chi connectivity index (χ2v) is 8.08. The molecule has 1 amide bonds. The number of halogens is 3. The lowest BCUT2D eigenvalue weighted by molar-refractivity contribution is -0.136. The molecule has 1 N–H and O–H groups in total. The first kappa shape index (κ1) is 19.7. The van der Waals surface area contributed by atoms with Crippen LogP contribution in [0.2, 0.25) is 0 Å². The number of piperazine rings is 1. The summed E-state index contributed by atoms with van der Waals surface area (Å²) < 4.78 is 40.8. The van der Waals surface area contributed by atoms with Gasteiger partial charge in [-0.2, -0.15) is 13.2 Å². The molecule has 1 fully saturated rings. The largest absolute Gasteiger partial charge is 0.418 e. The van der Waals surface area contributed by atoms with Crippen LogP contribution in [-0.2, 0) is 6.18 Å². The fourth-order valence-corrected chi connectivity index (χ4v) is 3.94. The van der Waals surface area contributed by atoms with E-state index in [-0.39, 0.29) is 5.69 Å². The number of nitrogens with zero attached hydrogens (tertiary/aromatic N) is 2. The zero-order valence-corrected chi connectivity index (χ0v) is 16.3. The number of carbonyl (C=O) groups is 1. The van der Waals surface area contributed by atoms with Crippen molar-refractivity contribution in [3.8, 4) is 0 Å². The molecule has 0 saturated carbocycles. The van der Waals surface area contributed by atoms with Crippen LogP contribution in [0.4, 0.5) is 24.5 Å². The highest BCUT2D eigenvalue weighted by Gasteiger charge is 2.35. The number of benzene rings is 1. The molecule has 2 aromatic rings. The molecule has 146 valence electrons. The molecule has 1 aromatic heterocycles. The number of amides is 1. The van der Waals surface area contributed by atoms with Crippen LogP contribution < -0.4 is 10.2 Å². The van der Waals surface area contributed by atoms with Crippen molar-refractivity contribution >= 4 is 28.6 Å². The van der Waals surface area contributed by atoms with Crippen LogP contribution in [0.25, 0.3) is 0 Å². The van der Waals surface area contributed by atoms with Gasteiger partial charge in [0.1, 0.15) is 0 Å². The summed E-state index contributed by atoms with van der Waals surface area (Å²) in [6, 6.07) is 5.82. The van der Waals surface area contributed by atoms with Gasteiger partial charge < -0.3 is 15.1 Å². The summed E-state index contributed by atoms with van der Waals surface area (Å²) in [6.45, 7) is 6.70. The Bertz CT molecular complexity index is 820. The zero-order valence-electron chi connectivity index (χ0n) is 15.5. The van der Waals surface area contributed by atoms with E-state index >= 15 is 0 Å². The van der Waals surface area contributed by atoms with E-state index in [2.05, 4.69) is 10.2 Å². The first-order valence-corrected chi connectivity index (χ1v) is 9.50. The van der Waals surface area contributed by atoms with Crippen LogP contribution in [0, 0.1) is 13.8 Å². The Balaban J connectivity index is 1.87. The van der Waals surface area contributed by atoms with E-state index in [0.29, 0.717) is 23.7 Å². The van der Waals surface area contributed by atoms with Gasteiger partial charge in [-0.05, 0) is 50.7 Å². The van der Waals surface area contributed by atoms with E-state index in [1.807, 2.05) is 25.8 Å². The van der Waals surface area contributed by atoms with Crippen molar-refractivity contribution in [2.75, 3.05) is 43.4 Å². The van der Waals surface area contributed by atoms with Gasteiger partial charge in [0.15, 0.2) is 0 Å². The van der Waals surface area contributed by atoms with E-state index in [0.717, 1.165) is 29.6 Å². The number of thiophene rings is 1. The Morgan fingerprint density at radius 3 is 2.33 bits per heavy atom. The number of anilines is 2. The summed E-state index contributed by atoms with van der Waals surface area (Å²) in [5.74, 6) is -0.519. The Kier molecular flexibility index (Phi) is 5.48. The minimum absolute atomic E-state index is 0.214. The lowest BCUT2D eigenvalue weighted by Crippen LogP contribution is -2.44. The molecular weight excluding hydrogens is 375 g/mol. The standard InChI is InChI=1S/C19H22F3N3OS/c1-12-10-17(27-13(12)2)18(26)23-16-5-4-14(11-15(16)19(20,21)22)25-8-6-24(3)7-9-25/h4-5,10-11H,6-9H2,1-3H3,(H,23,26). The van der Waals surface area contributed by atoms with Gasteiger partial charge in [-0.15, -0.1) is 11.3 Å². The molecule has 27 heavy (non-hydrogen) atoms. The normalized spacial score (nSPS) is 15.9.